The summed E-state index contributed by atoms with van der Waals surface area (Å²) >= 11 is 0. The quantitative estimate of drug-likeness (QED) is 0.129. The number of carbonyl (C=O) groups is 4. The fourth-order valence-electron chi connectivity index (χ4n) is 11.5. The molecule has 2 N–H and O–H groups in total. The molecule has 2 heterocycles. The van der Waals surface area contributed by atoms with Gasteiger partial charge in [0.05, 0.1) is 37.6 Å². The highest BCUT2D eigenvalue weighted by Gasteiger charge is 2.51. The van der Waals surface area contributed by atoms with Gasteiger partial charge in [0.25, 0.3) is 11.7 Å². The van der Waals surface area contributed by atoms with Crippen molar-refractivity contribution in [1.82, 2.24) is 4.90 Å². The van der Waals surface area contributed by atoms with Crippen molar-refractivity contribution in [3.8, 4) is 0 Å². The van der Waals surface area contributed by atoms with E-state index in [2.05, 4.69) is 39.8 Å². The summed E-state index contributed by atoms with van der Waals surface area (Å²) in [5.74, 6) is -2.58. The van der Waals surface area contributed by atoms with Crippen LogP contribution in [0.1, 0.15) is 145 Å². The number of ether oxygens (including phenoxy) is 5. The summed E-state index contributed by atoms with van der Waals surface area (Å²) in [7, 11) is 5.10. The SMILES string of the molecule is CO[C@H]1C[C@@H]2CC[C@@H](C)[C@@](O)(C2)C(=O)C(=O)N2CCCC[C@H]2C(=O)OC([C@H](C)C[C@@H]2CC[C@@H](OCCO)[C@H](OC)C2)CC(=O)[C@H](C)/C=C(\C)[C@@H](C)[C@@H](OC)C[C@H](C)C[C@H](C)/C=C/C=CC=C1C. The Hall–Kier alpha value is -3.00. The molecule has 0 radical (unpaired) electrons. The van der Waals surface area contributed by atoms with Gasteiger partial charge in [-0.1, -0.05) is 83.6 Å². The molecule has 1 amide bonds. The zero-order chi connectivity index (χ0) is 49.4. The van der Waals surface area contributed by atoms with Crippen LogP contribution in [-0.2, 0) is 42.9 Å². The average Bonchev–Trinajstić information content (AvgIpc) is 3.31. The molecule has 1 saturated heterocycles. The molecule has 2 saturated carbocycles. The number of amides is 1. The highest BCUT2D eigenvalue weighted by atomic mass is 16.5. The largest absolute Gasteiger partial charge is 0.460 e. The van der Waals surface area contributed by atoms with Gasteiger partial charge >= 0.3 is 5.97 Å². The number of ketones is 2. The Morgan fingerprint density at radius 1 is 0.821 bits per heavy atom. The van der Waals surface area contributed by atoms with Crippen LogP contribution in [0.4, 0.5) is 0 Å². The van der Waals surface area contributed by atoms with E-state index in [9.17, 15) is 29.4 Å². The molecule has 0 aromatic carbocycles. The van der Waals surface area contributed by atoms with Crippen LogP contribution in [-0.4, -0.2) is 122 Å². The molecular weight excluding hydrogens is 851 g/mol. The standard InChI is InChI=1S/C55H89NO11/c1-35-17-13-12-14-18-37(3)48(63-9)32-44-21-20-41(7)55(62,34-44)52(59)53(60)56-24-16-15-19-45(56)54(61)67-49(40(6)30-43-22-23-47(66-26-25-57)51(31-43)65-11)33-46(58)39(5)29-38(4)42(8)50(64-10)28-36(2)27-35/h12-14,17-18,29,35-36,39-45,47-51,57,62H,15-16,19-28,30-34H2,1-11H3/b14-12?,17-13+,37-18?,38-29+/t35-,36-,39-,40-,41-,42-,43+,44+,45+,47-,48+,49?,50+,51-,55+/m1/s1. The van der Waals surface area contributed by atoms with Crippen molar-refractivity contribution in [3.63, 3.8) is 0 Å². The Morgan fingerprint density at radius 3 is 2.24 bits per heavy atom. The van der Waals surface area contributed by atoms with E-state index in [1.165, 1.54) is 4.90 Å². The van der Waals surface area contributed by atoms with Crippen LogP contribution in [0, 0.1) is 47.3 Å². The third-order valence-electron chi connectivity index (χ3n) is 16.0. The molecule has 4 rings (SSSR count). The first-order chi connectivity index (χ1) is 31.9. The van der Waals surface area contributed by atoms with Crippen LogP contribution in [0.5, 0.6) is 0 Å². The summed E-state index contributed by atoms with van der Waals surface area (Å²) < 4.78 is 30.2. The Morgan fingerprint density at radius 2 is 1.55 bits per heavy atom. The minimum atomic E-state index is -1.89. The molecule has 3 fully saturated rings. The van der Waals surface area contributed by atoms with Gasteiger partial charge in [-0.2, -0.15) is 0 Å². The number of Topliss-reactive ketones (excluding diaryl/α,β-unsaturated/α-hetero) is 2. The van der Waals surface area contributed by atoms with E-state index >= 15 is 0 Å². The van der Waals surface area contributed by atoms with E-state index in [1.807, 2.05) is 52.0 Å². The van der Waals surface area contributed by atoms with Crippen molar-refractivity contribution in [2.24, 2.45) is 47.3 Å². The number of carbonyl (C=O) groups excluding carboxylic acids is 4. The smallest absolute Gasteiger partial charge is 0.329 e. The summed E-state index contributed by atoms with van der Waals surface area (Å²) in [5.41, 5.74) is 0.200. The van der Waals surface area contributed by atoms with E-state index < -0.39 is 47.2 Å². The molecule has 2 aliphatic heterocycles. The van der Waals surface area contributed by atoms with Crippen LogP contribution in [0.2, 0.25) is 0 Å². The number of piperidine rings is 1. The first-order valence-corrected chi connectivity index (χ1v) is 25.7. The lowest BCUT2D eigenvalue weighted by Gasteiger charge is -2.43. The number of hydrogen-bond donors (Lipinski definition) is 2. The van der Waals surface area contributed by atoms with Crippen LogP contribution >= 0.6 is 0 Å². The van der Waals surface area contributed by atoms with Crippen LogP contribution in [0.25, 0.3) is 0 Å². The van der Waals surface area contributed by atoms with E-state index in [4.69, 9.17) is 23.7 Å². The molecular formula is C55H89NO11. The monoisotopic (exact) mass is 940 g/mol. The normalized spacial score (nSPS) is 38.3. The molecule has 15 atom stereocenters. The fraction of sp³-hybridized carbons (Fsp3) is 0.782. The van der Waals surface area contributed by atoms with Gasteiger partial charge in [-0.3, -0.25) is 14.4 Å². The highest BCUT2D eigenvalue weighted by molar-refractivity contribution is 6.39. The van der Waals surface area contributed by atoms with Gasteiger partial charge < -0.3 is 38.8 Å². The van der Waals surface area contributed by atoms with Crippen molar-refractivity contribution >= 4 is 23.4 Å². The van der Waals surface area contributed by atoms with Gasteiger partial charge in [0.1, 0.15) is 23.5 Å². The zero-order valence-corrected chi connectivity index (χ0v) is 43.1. The molecule has 12 nitrogen and oxygen atoms in total. The van der Waals surface area contributed by atoms with Gasteiger partial charge in [-0.25, -0.2) is 4.79 Å². The van der Waals surface area contributed by atoms with Gasteiger partial charge in [0.15, 0.2) is 0 Å². The first-order valence-electron chi connectivity index (χ1n) is 25.7. The van der Waals surface area contributed by atoms with Crippen molar-refractivity contribution in [2.75, 3.05) is 41.1 Å². The zero-order valence-electron chi connectivity index (χ0n) is 43.1. The predicted octanol–water partition coefficient (Wildman–Crippen LogP) is 8.96. The number of allylic oxidation sites excluding steroid dienone is 6. The number of hydrogen-bond acceptors (Lipinski definition) is 11. The fourth-order valence-corrected chi connectivity index (χ4v) is 11.5. The van der Waals surface area contributed by atoms with Gasteiger partial charge in [-0.05, 0) is 138 Å². The van der Waals surface area contributed by atoms with E-state index in [-0.39, 0.29) is 86.5 Å². The minimum Gasteiger partial charge on any atom is -0.460 e. The van der Waals surface area contributed by atoms with Crippen LogP contribution < -0.4 is 0 Å². The first kappa shape index (κ1) is 56.6. The highest BCUT2D eigenvalue weighted by Crippen LogP contribution is 2.42. The molecule has 4 aliphatic rings. The lowest BCUT2D eigenvalue weighted by atomic mass is 9.67. The summed E-state index contributed by atoms with van der Waals surface area (Å²) in [6.07, 6.45) is 19.6. The second-order valence-electron chi connectivity index (χ2n) is 21.2. The second-order valence-corrected chi connectivity index (χ2v) is 21.2. The summed E-state index contributed by atoms with van der Waals surface area (Å²) in [6.45, 7) is 16.9. The molecule has 12 heteroatoms. The third kappa shape index (κ3) is 16.0. The molecule has 2 aliphatic carbocycles. The number of esters is 1. The molecule has 380 valence electrons. The summed E-state index contributed by atoms with van der Waals surface area (Å²) in [4.78, 5) is 58.9. The number of methoxy groups -OCH3 is 3. The Bertz CT molecular complexity index is 1720. The van der Waals surface area contributed by atoms with Crippen LogP contribution in [0.3, 0.4) is 0 Å². The van der Waals surface area contributed by atoms with Gasteiger partial charge in [-0.15, -0.1) is 0 Å². The van der Waals surface area contributed by atoms with E-state index in [0.29, 0.717) is 50.4 Å². The lowest BCUT2D eigenvalue weighted by Crippen LogP contribution is -2.59. The van der Waals surface area contributed by atoms with Crippen molar-refractivity contribution in [1.29, 1.82) is 0 Å². The number of aliphatic hydroxyl groups excluding tert-OH is 1. The molecule has 2 bridgehead atoms. The number of nitrogens with zero attached hydrogens (tertiary/aromatic N) is 1. The maximum absolute atomic E-state index is 14.5. The van der Waals surface area contributed by atoms with Gasteiger partial charge in [0.2, 0.25) is 0 Å². The molecule has 67 heavy (non-hydrogen) atoms. The van der Waals surface area contributed by atoms with Crippen molar-refractivity contribution in [3.05, 3.63) is 47.6 Å². The summed E-state index contributed by atoms with van der Waals surface area (Å²) in [6, 6.07) is -1.02. The topological polar surface area (TPSA) is 158 Å². The molecule has 0 spiro atoms. The second kappa shape index (κ2) is 27.4. The Labute approximate surface area is 403 Å². The number of rotatable bonds is 9. The Balaban J connectivity index is 1.68. The van der Waals surface area contributed by atoms with Crippen LogP contribution in [0.15, 0.2) is 47.6 Å². The number of cyclic esters (lactones) is 1. The maximum atomic E-state index is 14.5. The molecule has 1 unspecified atom stereocenters. The molecule has 0 aromatic heterocycles. The van der Waals surface area contributed by atoms with Crippen molar-refractivity contribution in [2.45, 2.75) is 187 Å². The van der Waals surface area contributed by atoms with Crippen molar-refractivity contribution < 1.29 is 53.1 Å². The number of fused-ring (bicyclic) bond motifs is 3. The van der Waals surface area contributed by atoms with E-state index in [0.717, 1.165) is 49.7 Å². The Kier molecular flexibility index (Phi) is 23.1. The van der Waals surface area contributed by atoms with E-state index in [1.54, 1.807) is 21.3 Å². The number of aliphatic hydroxyl groups is 2. The third-order valence-corrected chi connectivity index (χ3v) is 16.0. The molecule has 0 aromatic rings. The van der Waals surface area contributed by atoms with Gasteiger partial charge in [0, 0.05) is 46.1 Å². The summed E-state index contributed by atoms with van der Waals surface area (Å²) in [5, 5.41) is 21.6. The predicted molar refractivity (Wildman–Crippen MR) is 262 cm³/mol. The maximum Gasteiger partial charge on any atom is 0.329 e. The minimum absolute atomic E-state index is 0.00435. The lowest BCUT2D eigenvalue weighted by molar-refractivity contribution is -0.171. The average molecular weight is 940 g/mol.